The normalized spacial score (nSPS) is 15.9. The van der Waals surface area contributed by atoms with Crippen LogP contribution in [0.25, 0.3) is 0 Å². The molecule has 0 bridgehead atoms. The van der Waals surface area contributed by atoms with Crippen molar-refractivity contribution in [2.45, 2.75) is 26.7 Å². The Kier molecular flexibility index (Phi) is 8.06. The van der Waals surface area contributed by atoms with Crippen molar-refractivity contribution in [3.05, 3.63) is 64.0 Å². The Morgan fingerprint density at radius 2 is 2.00 bits per heavy atom. The maximum Gasteiger partial charge on any atom is 0.271 e. The lowest BCUT2D eigenvalue weighted by molar-refractivity contribution is -0.384. The van der Waals surface area contributed by atoms with E-state index in [1.54, 1.807) is 18.2 Å². The zero-order valence-corrected chi connectivity index (χ0v) is 18.8. The van der Waals surface area contributed by atoms with Gasteiger partial charge in [0.1, 0.15) is 0 Å². The van der Waals surface area contributed by atoms with E-state index in [1.165, 1.54) is 30.7 Å². The summed E-state index contributed by atoms with van der Waals surface area (Å²) in [5.41, 5.74) is 3.99. The monoisotopic (exact) mass is 452 g/mol. The summed E-state index contributed by atoms with van der Waals surface area (Å²) in [5, 5.41) is 15.3. The zero-order valence-electron chi connectivity index (χ0n) is 18.8. The first-order valence-corrected chi connectivity index (χ1v) is 11.0. The number of piperidine rings is 1. The van der Waals surface area contributed by atoms with Crippen LogP contribution in [0.15, 0.2) is 47.8 Å². The molecule has 1 N–H and O–H groups in total. The predicted octanol–water partition coefficient (Wildman–Crippen LogP) is 2.84. The Hall–Kier alpha value is -3.82. The molecular formula is C23H28N6O4. The molecule has 10 nitrogen and oxygen atoms in total. The molecule has 1 aliphatic heterocycles. The summed E-state index contributed by atoms with van der Waals surface area (Å²) < 4.78 is 0. The van der Waals surface area contributed by atoms with Gasteiger partial charge in [-0.3, -0.25) is 24.7 Å². The SMILES string of the molecule is CCN(CC)C(=O)C1CCCN(c2ccc([N+](=O)[O-])cc2/C=N/NC(=O)c2ccncc2)C1. The molecule has 0 radical (unpaired) electrons. The molecule has 1 fully saturated rings. The minimum atomic E-state index is -0.473. The highest BCUT2D eigenvalue weighted by atomic mass is 16.6. The van der Waals surface area contributed by atoms with Gasteiger partial charge in [-0.05, 0) is 44.9 Å². The fourth-order valence-electron chi connectivity index (χ4n) is 3.97. The first-order valence-electron chi connectivity index (χ1n) is 11.0. The van der Waals surface area contributed by atoms with E-state index in [9.17, 15) is 19.7 Å². The minimum absolute atomic E-state index is 0.0755. The second kappa shape index (κ2) is 11.2. The second-order valence-electron chi connectivity index (χ2n) is 7.73. The van der Waals surface area contributed by atoms with Gasteiger partial charge in [0, 0.05) is 67.5 Å². The number of nitro benzene ring substituents is 1. The molecule has 33 heavy (non-hydrogen) atoms. The van der Waals surface area contributed by atoms with Crippen LogP contribution in [0.3, 0.4) is 0 Å². The fourth-order valence-corrected chi connectivity index (χ4v) is 3.97. The summed E-state index contributed by atoms with van der Waals surface area (Å²) in [6.07, 6.45) is 6.05. The van der Waals surface area contributed by atoms with Crippen LogP contribution in [-0.4, -0.2) is 59.0 Å². The largest absolute Gasteiger partial charge is 0.370 e. The van der Waals surface area contributed by atoms with Crippen LogP contribution in [0.4, 0.5) is 11.4 Å². The van der Waals surface area contributed by atoms with Crippen LogP contribution in [0.5, 0.6) is 0 Å². The highest BCUT2D eigenvalue weighted by molar-refractivity contribution is 5.95. The van der Waals surface area contributed by atoms with Gasteiger partial charge in [0.2, 0.25) is 5.91 Å². The van der Waals surface area contributed by atoms with E-state index < -0.39 is 10.8 Å². The molecule has 0 spiro atoms. The number of nitrogens with one attached hydrogen (secondary N) is 1. The number of hydrogen-bond donors (Lipinski definition) is 1. The molecule has 0 saturated carbocycles. The summed E-state index contributed by atoms with van der Waals surface area (Å²) in [6.45, 7) is 6.51. The number of nitro groups is 1. The van der Waals surface area contributed by atoms with E-state index in [-0.39, 0.29) is 17.5 Å². The van der Waals surface area contributed by atoms with Gasteiger partial charge in [0.15, 0.2) is 0 Å². The number of benzene rings is 1. The molecule has 2 amide bonds. The molecule has 1 aromatic heterocycles. The Bertz CT molecular complexity index is 1020. The van der Waals surface area contributed by atoms with E-state index in [4.69, 9.17) is 0 Å². The lowest BCUT2D eigenvalue weighted by Gasteiger charge is -2.36. The van der Waals surface area contributed by atoms with E-state index in [1.807, 2.05) is 18.7 Å². The number of amides is 2. The minimum Gasteiger partial charge on any atom is -0.370 e. The fraction of sp³-hybridized carbons (Fsp3) is 0.391. The van der Waals surface area contributed by atoms with Crippen LogP contribution in [0.2, 0.25) is 0 Å². The van der Waals surface area contributed by atoms with Crippen molar-refractivity contribution in [1.82, 2.24) is 15.3 Å². The molecule has 2 aromatic rings. The van der Waals surface area contributed by atoms with Crippen LogP contribution >= 0.6 is 0 Å². The van der Waals surface area contributed by atoms with Gasteiger partial charge in [-0.15, -0.1) is 0 Å². The lowest BCUT2D eigenvalue weighted by atomic mass is 9.95. The second-order valence-corrected chi connectivity index (χ2v) is 7.73. The standard InChI is InChI=1S/C23H28N6O4/c1-3-27(4-2)23(31)18-6-5-13-28(16-18)21-8-7-20(29(32)33)14-19(21)15-25-26-22(30)17-9-11-24-12-10-17/h7-12,14-15,18H,3-6,13,16H2,1-2H3,(H,26,30)/b25-15+. The summed E-state index contributed by atoms with van der Waals surface area (Å²) in [7, 11) is 0. The number of hydrazone groups is 1. The van der Waals surface area contributed by atoms with Crippen molar-refractivity contribution in [3.8, 4) is 0 Å². The molecule has 10 heteroatoms. The summed E-state index contributed by atoms with van der Waals surface area (Å²) in [4.78, 5) is 43.7. The average molecular weight is 453 g/mol. The van der Waals surface area contributed by atoms with Gasteiger partial charge in [-0.25, -0.2) is 5.43 Å². The molecule has 1 unspecified atom stereocenters. The summed E-state index contributed by atoms with van der Waals surface area (Å²) >= 11 is 0. The number of carbonyl (C=O) groups is 2. The molecule has 3 rings (SSSR count). The third-order valence-electron chi connectivity index (χ3n) is 5.72. The van der Waals surface area contributed by atoms with Crippen molar-refractivity contribution in [1.29, 1.82) is 0 Å². The molecule has 174 valence electrons. The number of hydrogen-bond acceptors (Lipinski definition) is 7. The zero-order chi connectivity index (χ0) is 23.8. The first kappa shape index (κ1) is 23.8. The van der Waals surface area contributed by atoms with E-state index in [0.29, 0.717) is 30.8 Å². The molecule has 1 atom stereocenters. The maximum absolute atomic E-state index is 12.9. The smallest absolute Gasteiger partial charge is 0.271 e. The molecule has 2 heterocycles. The van der Waals surface area contributed by atoms with Crippen molar-refractivity contribution < 1.29 is 14.5 Å². The lowest BCUT2D eigenvalue weighted by Crippen LogP contribution is -2.45. The van der Waals surface area contributed by atoms with Crippen LogP contribution in [0.1, 0.15) is 42.6 Å². The number of rotatable bonds is 8. The average Bonchev–Trinajstić information content (AvgIpc) is 2.85. The quantitative estimate of drug-likeness (QED) is 0.373. The number of anilines is 1. The first-order chi connectivity index (χ1) is 15.9. The highest BCUT2D eigenvalue weighted by Gasteiger charge is 2.29. The maximum atomic E-state index is 12.9. The number of aromatic nitrogens is 1. The number of carbonyl (C=O) groups excluding carboxylic acids is 2. The number of nitrogens with zero attached hydrogens (tertiary/aromatic N) is 5. The predicted molar refractivity (Wildman–Crippen MR) is 125 cm³/mol. The molecular weight excluding hydrogens is 424 g/mol. The van der Waals surface area contributed by atoms with Gasteiger partial charge in [-0.2, -0.15) is 5.10 Å². The molecule has 1 aliphatic rings. The molecule has 0 aliphatic carbocycles. The number of non-ortho nitro benzene ring substituents is 1. The Morgan fingerprint density at radius 3 is 2.67 bits per heavy atom. The highest BCUT2D eigenvalue weighted by Crippen LogP contribution is 2.29. The molecule has 1 aromatic carbocycles. The number of pyridine rings is 1. The van der Waals surface area contributed by atoms with Gasteiger partial charge in [0.05, 0.1) is 17.1 Å². The van der Waals surface area contributed by atoms with E-state index in [0.717, 1.165) is 25.1 Å². The van der Waals surface area contributed by atoms with Crippen LogP contribution < -0.4 is 10.3 Å². The van der Waals surface area contributed by atoms with Crippen LogP contribution in [-0.2, 0) is 4.79 Å². The van der Waals surface area contributed by atoms with Crippen molar-refractivity contribution in [3.63, 3.8) is 0 Å². The Labute approximate surface area is 192 Å². The van der Waals surface area contributed by atoms with Crippen molar-refractivity contribution >= 4 is 29.4 Å². The van der Waals surface area contributed by atoms with Gasteiger partial charge >= 0.3 is 0 Å². The van der Waals surface area contributed by atoms with Crippen LogP contribution in [0, 0.1) is 16.0 Å². The van der Waals surface area contributed by atoms with Gasteiger partial charge < -0.3 is 9.80 Å². The van der Waals surface area contributed by atoms with Gasteiger partial charge in [-0.1, -0.05) is 0 Å². The van der Waals surface area contributed by atoms with Crippen molar-refractivity contribution in [2.75, 3.05) is 31.1 Å². The third kappa shape index (κ3) is 5.91. The van der Waals surface area contributed by atoms with Gasteiger partial charge in [0.25, 0.3) is 11.6 Å². The Balaban J connectivity index is 1.82. The van der Waals surface area contributed by atoms with Crippen molar-refractivity contribution in [2.24, 2.45) is 11.0 Å². The molecule has 1 saturated heterocycles. The topological polar surface area (TPSA) is 121 Å². The third-order valence-corrected chi connectivity index (χ3v) is 5.72. The summed E-state index contributed by atoms with van der Waals surface area (Å²) in [5.74, 6) is -0.417. The van der Waals surface area contributed by atoms with E-state index >= 15 is 0 Å². The van der Waals surface area contributed by atoms with E-state index in [2.05, 4.69) is 20.4 Å². The Morgan fingerprint density at radius 1 is 1.27 bits per heavy atom. The summed E-state index contributed by atoms with van der Waals surface area (Å²) in [6, 6.07) is 7.66.